The zero-order chi connectivity index (χ0) is 37.8. The summed E-state index contributed by atoms with van der Waals surface area (Å²) in [6, 6.07) is -0.755. The Balaban J connectivity index is 1.62. The highest BCUT2D eigenvalue weighted by molar-refractivity contribution is 6.00. The van der Waals surface area contributed by atoms with Gasteiger partial charge in [-0.2, -0.15) is 0 Å². The predicted octanol–water partition coefficient (Wildman–Crippen LogP) is 1.10. The van der Waals surface area contributed by atoms with Crippen molar-refractivity contribution in [3.63, 3.8) is 0 Å². The number of ketones is 1. The van der Waals surface area contributed by atoms with Gasteiger partial charge in [-0.3, -0.25) is 14.4 Å². The number of methoxy groups -OCH3 is 1. The SMILES string of the molecule is CC[C@H]1OC(=O)C(C)C(=O)[C@H](C)[C@@H](O[C@@H]2O[C@H](CNC(=O)CNC3CC3)CC(N(C)C)C2O)[C@](C)(OC)C[C@@H](C)CN[C@H](C)[C@H]2NC(=O)O[C@@]21C. The predicted molar refractivity (Wildman–Crippen MR) is 188 cm³/mol. The third-order valence-electron chi connectivity index (χ3n) is 11.4. The lowest BCUT2D eigenvalue weighted by molar-refractivity contribution is -0.296. The molecule has 0 aromatic rings. The van der Waals surface area contributed by atoms with Crippen LogP contribution in [0.1, 0.15) is 80.6 Å². The second-order valence-electron chi connectivity index (χ2n) is 15.9. The Labute approximate surface area is 302 Å². The van der Waals surface area contributed by atoms with Crippen molar-refractivity contribution in [2.75, 3.05) is 40.8 Å². The maximum absolute atomic E-state index is 14.2. The van der Waals surface area contributed by atoms with Crippen molar-refractivity contribution in [2.45, 2.75) is 147 Å². The van der Waals surface area contributed by atoms with E-state index < -0.39 is 77.6 Å². The zero-order valence-electron chi connectivity index (χ0n) is 32.2. The fourth-order valence-electron chi connectivity index (χ4n) is 7.97. The first-order valence-electron chi connectivity index (χ1n) is 18.6. The first kappa shape index (κ1) is 41.4. The van der Waals surface area contributed by atoms with Crippen molar-refractivity contribution in [1.82, 2.24) is 26.2 Å². The van der Waals surface area contributed by atoms with E-state index in [4.69, 9.17) is 23.7 Å². The maximum Gasteiger partial charge on any atom is 0.408 e. The Morgan fingerprint density at radius 3 is 2.41 bits per heavy atom. The Kier molecular flexibility index (Phi) is 13.9. The van der Waals surface area contributed by atoms with Gasteiger partial charge in [0.05, 0.1) is 30.4 Å². The van der Waals surface area contributed by atoms with Crippen LogP contribution in [-0.4, -0.2) is 141 Å². The molecule has 3 aliphatic heterocycles. The van der Waals surface area contributed by atoms with Gasteiger partial charge in [0.2, 0.25) is 5.91 Å². The van der Waals surface area contributed by atoms with Crippen LogP contribution >= 0.6 is 0 Å². The largest absolute Gasteiger partial charge is 0.458 e. The molecule has 15 heteroatoms. The number of alkyl carbamates (subject to hydrolysis) is 1. The van der Waals surface area contributed by atoms with Gasteiger partial charge in [0.15, 0.2) is 17.7 Å². The second-order valence-corrected chi connectivity index (χ2v) is 15.9. The molecule has 0 spiro atoms. The number of fused-ring (bicyclic) bond motifs is 1. The lowest BCUT2D eigenvalue weighted by Gasteiger charge is -2.47. The smallest absolute Gasteiger partial charge is 0.408 e. The van der Waals surface area contributed by atoms with Crippen molar-refractivity contribution in [1.29, 1.82) is 0 Å². The number of likely N-dealkylation sites (N-methyl/N-ethyl adjacent to an activating group) is 1. The Morgan fingerprint density at radius 2 is 1.80 bits per heavy atom. The average Bonchev–Trinajstić information content (AvgIpc) is 3.87. The third kappa shape index (κ3) is 9.78. The number of esters is 1. The van der Waals surface area contributed by atoms with Gasteiger partial charge in [0.25, 0.3) is 0 Å². The molecule has 292 valence electrons. The molecule has 4 aliphatic rings. The van der Waals surface area contributed by atoms with E-state index in [0.717, 1.165) is 12.8 Å². The van der Waals surface area contributed by atoms with Crippen LogP contribution < -0.4 is 21.3 Å². The monoisotopic (exact) mass is 725 g/mol. The minimum Gasteiger partial charge on any atom is -0.458 e. The molecule has 15 nitrogen and oxygen atoms in total. The number of amides is 2. The molecular weight excluding hydrogens is 662 g/mol. The quantitative estimate of drug-likeness (QED) is 0.160. The standard InChI is InChI=1S/C36H63N5O10/c1-11-26-36(7)30(40-34(46)51-36)22(5)37-16-19(2)15-35(6,47-10)31(20(3)28(43)21(4)32(45)49-26)50-33-29(44)25(41(8)9)14-24(48-33)17-39-27(42)18-38-23-12-13-23/h19-26,29-31,33,37-38,44H,11-18H2,1-10H3,(H,39,42)(H,40,46)/t19-,20+,21?,22-,24+,25?,26-,29?,30-,31-,33+,35-,36-/m1/s1. The highest BCUT2D eigenvalue weighted by Gasteiger charge is 2.55. The van der Waals surface area contributed by atoms with Gasteiger partial charge in [-0.1, -0.05) is 20.8 Å². The van der Waals surface area contributed by atoms with Gasteiger partial charge < -0.3 is 55.0 Å². The molecule has 0 aromatic heterocycles. The zero-order valence-corrected chi connectivity index (χ0v) is 32.2. The van der Waals surface area contributed by atoms with Crippen molar-refractivity contribution < 1.29 is 48.0 Å². The third-order valence-corrected chi connectivity index (χ3v) is 11.4. The number of aliphatic hydroxyl groups is 1. The number of Topliss-reactive ketones (excluding diaryl/α,β-unsaturated/α-hetero) is 1. The molecule has 0 radical (unpaired) electrons. The molecule has 4 rings (SSSR count). The summed E-state index contributed by atoms with van der Waals surface area (Å²) in [5, 5.41) is 24.2. The number of cyclic esters (lactones) is 1. The normalized spacial score (nSPS) is 41.5. The number of nitrogens with zero attached hydrogens (tertiary/aromatic N) is 1. The van der Waals surface area contributed by atoms with Crippen molar-refractivity contribution in [2.24, 2.45) is 17.8 Å². The Bertz CT molecular complexity index is 1240. The fourth-order valence-corrected chi connectivity index (χ4v) is 7.97. The summed E-state index contributed by atoms with van der Waals surface area (Å²) >= 11 is 0. The minimum absolute atomic E-state index is 0.0172. The van der Waals surface area contributed by atoms with Gasteiger partial charge in [0, 0.05) is 37.7 Å². The number of ether oxygens (including phenoxy) is 5. The van der Waals surface area contributed by atoms with Crippen LogP contribution in [0.5, 0.6) is 0 Å². The molecule has 51 heavy (non-hydrogen) atoms. The highest BCUT2D eigenvalue weighted by Crippen LogP contribution is 2.37. The van der Waals surface area contributed by atoms with Crippen molar-refractivity contribution in [3.05, 3.63) is 0 Å². The van der Waals surface area contributed by atoms with Crippen LogP contribution in [0.2, 0.25) is 0 Å². The first-order valence-corrected chi connectivity index (χ1v) is 18.6. The molecule has 5 N–H and O–H groups in total. The molecule has 1 aliphatic carbocycles. The molecular formula is C36H63N5O10. The van der Waals surface area contributed by atoms with E-state index in [1.54, 1.807) is 21.0 Å². The van der Waals surface area contributed by atoms with Crippen LogP contribution in [0.15, 0.2) is 0 Å². The van der Waals surface area contributed by atoms with Gasteiger partial charge in [0.1, 0.15) is 18.1 Å². The number of rotatable bonds is 10. The van der Waals surface area contributed by atoms with Crippen LogP contribution in [0.4, 0.5) is 4.79 Å². The van der Waals surface area contributed by atoms with Crippen molar-refractivity contribution in [3.8, 4) is 0 Å². The van der Waals surface area contributed by atoms with Crippen molar-refractivity contribution >= 4 is 23.8 Å². The maximum atomic E-state index is 14.2. The summed E-state index contributed by atoms with van der Waals surface area (Å²) in [5.74, 6) is -3.42. The van der Waals surface area contributed by atoms with Crippen LogP contribution in [-0.2, 0) is 38.1 Å². The summed E-state index contributed by atoms with van der Waals surface area (Å²) in [7, 11) is 5.27. The molecule has 3 unspecified atom stereocenters. The van der Waals surface area contributed by atoms with Gasteiger partial charge in [-0.15, -0.1) is 0 Å². The minimum atomic E-state index is -1.19. The molecule has 1 saturated carbocycles. The molecule has 0 bridgehead atoms. The summed E-state index contributed by atoms with van der Waals surface area (Å²) < 4.78 is 31.0. The van der Waals surface area contributed by atoms with E-state index in [9.17, 15) is 24.3 Å². The first-order chi connectivity index (χ1) is 23.9. The molecule has 13 atom stereocenters. The molecule has 4 fully saturated rings. The average molecular weight is 726 g/mol. The summed E-state index contributed by atoms with van der Waals surface area (Å²) in [6.07, 6.45) is -1.75. The highest BCUT2D eigenvalue weighted by atomic mass is 16.7. The van der Waals surface area contributed by atoms with E-state index in [2.05, 4.69) is 28.2 Å². The number of carbonyl (C=O) groups is 4. The lowest BCUT2D eigenvalue weighted by Crippen LogP contribution is -2.60. The molecule has 2 amide bonds. The Morgan fingerprint density at radius 1 is 1.12 bits per heavy atom. The van der Waals surface area contributed by atoms with Gasteiger partial charge in [-0.05, 0) is 86.4 Å². The number of hydrogen-bond acceptors (Lipinski definition) is 13. The van der Waals surface area contributed by atoms with Gasteiger partial charge >= 0.3 is 12.1 Å². The molecule has 3 saturated heterocycles. The molecule has 0 aromatic carbocycles. The molecule has 3 heterocycles. The number of aliphatic hydroxyl groups excluding tert-OH is 1. The summed E-state index contributed by atoms with van der Waals surface area (Å²) in [5.41, 5.74) is -2.26. The number of carbonyl (C=O) groups excluding carboxylic acids is 4. The topological polar surface area (TPSA) is 186 Å². The number of hydrogen-bond donors (Lipinski definition) is 5. The van der Waals surface area contributed by atoms with E-state index in [1.165, 1.54) is 6.92 Å². The number of nitrogens with one attached hydrogen (secondary N) is 4. The fraction of sp³-hybridized carbons (Fsp3) is 0.889. The van der Waals surface area contributed by atoms with Gasteiger partial charge in [-0.25, -0.2) is 4.79 Å². The lowest BCUT2D eigenvalue weighted by atomic mass is 9.78. The van der Waals surface area contributed by atoms with E-state index in [0.29, 0.717) is 31.8 Å². The van der Waals surface area contributed by atoms with Crippen LogP contribution in [0.3, 0.4) is 0 Å². The summed E-state index contributed by atoms with van der Waals surface area (Å²) in [4.78, 5) is 54.9. The Hall–Kier alpha value is -2.40. The second kappa shape index (κ2) is 17.2. The van der Waals surface area contributed by atoms with Crippen LogP contribution in [0, 0.1) is 17.8 Å². The summed E-state index contributed by atoms with van der Waals surface area (Å²) in [6.45, 7) is 13.6. The van der Waals surface area contributed by atoms with E-state index >= 15 is 0 Å². The van der Waals surface area contributed by atoms with E-state index in [1.807, 2.05) is 39.8 Å². The van der Waals surface area contributed by atoms with Crippen LogP contribution in [0.25, 0.3) is 0 Å². The van der Waals surface area contributed by atoms with E-state index in [-0.39, 0.29) is 37.0 Å².